The Morgan fingerprint density at radius 2 is 0.902 bits per heavy atom. The molecule has 0 rings (SSSR count). The lowest BCUT2D eigenvalue weighted by Gasteiger charge is -2.04. The number of carbonyl (C=O) groups is 1. The van der Waals surface area contributed by atoms with E-state index in [0.717, 1.165) is 32.1 Å². The molecule has 0 aliphatic carbocycles. The molecule has 0 amide bonds. The van der Waals surface area contributed by atoms with Crippen LogP contribution in [-0.2, 0) is 13.9 Å². The zero-order valence-electron chi connectivity index (χ0n) is 27.5. The molecule has 0 aliphatic rings. The van der Waals surface area contributed by atoms with Crippen molar-refractivity contribution >= 4 is 13.8 Å². The topological polar surface area (TPSA) is 95.9 Å². The van der Waals surface area contributed by atoms with Gasteiger partial charge in [-0.3, -0.25) is 14.6 Å². The Balaban J connectivity index is 0. The summed E-state index contributed by atoms with van der Waals surface area (Å²) in [7, 11) is -4.67. The van der Waals surface area contributed by atoms with Crippen LogP contribution in [0.5, 0.6) is 0 Å². The number of allylic oxidation sites excluding steroid dienone is 2. The van der Waals surface area contributed by atoms with Crippen LogP contribution in [-0.4, -0.2) is 28.8 Å². The molecular weight excluding hydrogens is 533 g/mol. The van der Waals surface area contributed by atoms with Crippen LogP contribution in [0.3, 0.4) is 0 Å². The molecule has 0 saturated heterocycles. The van der Waals surface area contributed by atoms with Crippen LogP contribution in [0.25, 0.3) is 0 Å². The summed E-state index contributed by atoms with van der Waals surface area (Å²) < 4.78 is 14.4. The highest BCUT2D eigenvalue weighted by Gasteiger charge is 2.19. The van der Waals surface area contributed by atoms with E-state index in [1.807, 2.05) is 0 Å². The van der Waals surface area contributed by atoms with Crippen molar-refractivity contribution in [1.82, 2.24) is 5.32 Å². The molecule has 6 nitrogen and oxygen atoms in total. The monoisotopic (exact) mass is 603 g/mol. The van der Waals surface area contributed by atoms with Crippen LogP contribution in [0.4, 0.5) is 0 Å². The molecule has 0 aromatic heterocycles. The molecule has 0 heterocycles. The minimum absolute atomic E-state index is 0.0727. The first-order valence-corrected chi connectivity index (χ1v) is 19.0. The Kier molecular flexibility index (Phi) is 36.8. The molecule has 0 aliphatic heterocycles. The molecule has 0 radical (unpaired) electrons. The van der Waals surface area contributed by atoms with E-state index in [2.05, 4.69) is 42.8 Å². The Morgan fingerprint density at radius 1 is 0.561 bits per heavy atom. The standard InChI is InChI=1S/C18H35O5P.C16H35N/c1-2-3-4-5-6-7-8-9-10-11-12-13-14-15-16-17-18(19)23-24(20,21)22;1-3-5-7-9-11-13-15-17-16-14-12-10-8-6-4-2/h9-10H,2-8,11-17H2,1H3,(H2,20,21,22);17H,3-16H2,1-2H3. The highest BCUT2D eigenvalue weighted by Crippen LogP contribution is 2.36. The fraction of sp³-hybridized carbons (Fsp3) is 0.912. The number of unbranched alkanes of at least 4 members (excludes halogenated alkanes) is 21. The first kappa shape index (κ1) is 42.5. The van der Waals surface area contributed by atoms with Gasteiger partial charge in [0.05, 0.1) is 0 Å². The van der Waals surface area contributed by atoms with E-state index < -0.39 is 13.8 Å². The van der Waals surface area contributed by atoms with Gasteiger partial charge in [0.25, 0.3) is 0 Å². The molecule has 3 N–H and O–H groups in total. The lowest BCUT2D eigenvalue weighted by Crippen LogP contribution is -2.16. The smallest absolute Gasteiger partial charge is 0.371 e. The van der Waals surface area contributed by atoms with Crippen LogP contribution in [0.15, 0.2) is 12.2 Å². The SMILES string of the molecule is CCCCCCCCC=CCCCCCCCC(=O)OP(=O)(O)O.CCCCCCCCNCCCCCCCC. The van der Waals surface area contributed by atoms with Gasteiger partial charge in [0.15, 0.2) is 0 Å². The summed E-state index contributed by atoms with van der Waals surface area (Å²) in [5.41, 5.74) is 0. The van der Waals surface area contributed by atoms with Gasteiger partial charge in [-0.1, -0.05) is 148 Å². The maximum Gasteiger partial charge on any atom is 0.526 e. The van der Waals surface area contributed by atoms with Crippen molar-refractivity contribution in [3.05, 3.63) is 12.2 Å². The lowest BCUT2D eigenvalue weighted by atomic mass is 10.1. The summed E-state index contributed by atoms with van der Waals surface area (Å²) in [5.74, 6) is -0.819. The van der Waals surface area contributed by atoms with Crippen LogP contribution in [0.2, 0.25) is 0 Å². The molecule has 0 spiro atoms. The third-order valence-electron chi connectivity index (χ3n) is 7.28. The zero-order chi connectivity index (χ0) is 30.7. The average Bonchev–Trinajstić information content (AvgIpc) is 2.93. The minimum atomic E-state index is -4.67. The van der Waals surface area contributed by atoms with Gasteiger partial charge in [-0.2, -0.15) is 0 Å². The van der Waals surface area contributed by atoms with E-state index >= 15 is 0 Å². The molecule has 0 fully saturated rings. The number of rotatable bonds is 30. The van der Waals surface area contributed by atoms with Gasteiger partial charge in [-0.15, -0.1) is 0 Å². The van der Waals surface area contributed by atoms with Gasteiger partial charge in [0.2, 0.25) is 0 Å². The summed E-state index contributed by atoms with van der Waals surface area (Å²) in [4.78, 5) is 28.0. The molecule has 0 saturated carbocycles. The van der Waals surface area contributed by atoms with Crippen LogP contribution >= 0.6 is 7.82 Å². The largest absolute Gasteiger partial charge is 0.526 e. The van der Waals surface area contributed by atoms with Crippen molar-refractivity contribution in [3.63, 3.8) is 0 Å². The Bertz CT molecular complexity index is 580. The molecule has 246 valence electrons. The van der Waals surface area contributed by atoms with Crippen LogP contribution in [0, 0.1) is 0 Å². The summed E-state index contributed by atoms with van der Waals surface area (Å²) in [6.07, 6.45) is 36.7. The first-order valence-electron chi connectivity index (χ1n) is 17.5. The molecule has 41 heavy (non-hydrogen) atoms. The fourth-order valence-corrected chi connectivity index (χ4v) is 5.06. The third-order valence-corrected chi connectivity index (χ3v) is 7.72. The van der Waals surface area contributed by atoms with E-state index in [4.69, 9.17) is 9.79 Å². The summed E-state index contributed by atoms with van der Waals surface area (Å²) in [5, 5.41) is 3.57. The van der Waals surface area contributed by atoms with Crippen molar-refractivity contribution in [3.8, 4) is 0 Å². The molecule has 0 aromatic carbocycles. The molecule has 0 aromatic rings. The quantitative estimate of drug-likeness (QED) is 0.0429. The van der Waals surface area contributed by atoms with Gasteiger partial charge >= 0.3 is 13.8 Å². The fourth-order valence-electron chi connectivity index (χ4n) is 4.70. The molecule has 0 atom stereocenters. The summed E-state index contributed by atoms with van der Waals surface area (Å²) in [6, 6.07) is 0. The summed E-state index contributed by atoms with van der Waals surface area (Å²) >= 11 is 0. The van der Waals surface area contributed by atoms with Crippen molar-refractivity contribution in [2.45, 2.75) is 188 Å². The van der Waals surface area contributed by atoms with E-state index in [0.29, 0.717) is 6.42 Å². The second kappa shape index (κ2) is 35.5. The first-order chi connectivity index (χ1) is 19.9. The van der Waals surface area contributed by atoms with Gasteiger partial charge in [-0.25, -0.2) is 4.57 Å². The second-order valence-corrected chi connectivity index (χ2v) is 12.7. The predicted octanol–water partition coefficient (Wildman–Crippen LogP) is 11.0. The van der Waals surface area contributed by atoms with Crippen molar-refractivity contribution < 1.29 is 23.7 Å². The second-order valence-electron chi connectivity index (χ2n) is 11.6. The third kappa shape index (κ3) is 43.9. The molecule has 0 bridgehead atoms. The Morgan fingerprint density at radius 3 is 1.29 bits per heavy atom. The predicted molar refractivity (Wildman–Crippen MR) is 177 cm³/mol. The van der Waals surface area contributed by atoms with Gasteiger partial charge in [0.1, 0.15) is 0 Å². The number of nitrogens with one attached hydrogen (secondary N) is 1. The van der Waals surface area contributed by atoms with Crippen molar-refractivity contribution in [1.29, 1.82) is 0 Å². The van der Waals surface area contributed by atoms with Crippen LogP contribution in [0.1, 0.15) is 188 Å². The Hall–Kier alpha value is -0.680. The van der Waals surface area contributed by atoms with E-state index in [-0.39, 0.29) is 6.42 Å². The highest BCUT2D eigenvalue weighted by atomic mass is 31.2. The molecule has 7 heteroatoms. The van der Waals surface area contributed by atoms with Gasteiger partial charge in [-0.05, 0) is 58.0 Å². The minimum Gasteiger partial charge on any atom is -0.371 e. The zero-order valence-corrected chi connectivity index (χ0v) is 28.4. The number of phosphoric ester groups is 1. The summed E-state index contributed by atoms with van der Waals surface area (Å²) in [6.45, 7) is 9.27. The van der Waals surface area contributed by atoms with Crippen LogP contribution < -0.4 is 5.32 Å². The Labute approximate surface area is 255 Å². The highest BCUT2D eigenvalue weighted by molar-refractivity contribution is 7.46. The van der Waals surface area contributed by atoms with E-state index in [1.54, 1.807) is 0 Å². The number of phosphoric acid groups is 1. The van der Waals surface area contributed by atoms with Crippen molar-refractivity contribution in [2.75, 3.05) is 13.1 Å². The van der Waals surface area contributed by atoms with Gasteiger partial charge in [0, 0.05) is 6.42 Å². The van der Waals surface area contributed by atoms with Gasteiger partial charge < -0.3 is 9.84 Å². The number of carbonyl (C=O) groups excluding carboxylic acids is 1. The van der Waals surface area contributed by atoms with Crippen molar-refractivity contribution in [2.24, 2.45) is 0 Å². The lowest BCUT2D eigenvalue weighted by molar-refractivity contribution is -0.135. The van der Waals surface area contributed by atoms with E-state index in [1.165, 1.54) is 135 Å². The maximum absolute atomic E-state index is 11.1. The maximum atomic E-state index is 11.1. The molecule has 0 unspecified atom stereocenters. The average molecular weight is 604 g/mol. The normalized spacial score (nSPS) is 11.5. The molecular formula is C34H70NO5P. The number of hydrogen-bond acceptors (Lipinski definition) is 4. The van der Waals surface area contributed by atoms with E-state index in [9.17, 15) is 9.36 Å². The number of hydrogen-bond donors (Lipinski definition) is 3.